The van der Waals surface area contributed by atoms with Crippen molar-refractivity contribution < 1.29 is 0 Å². The second-order valence-electron chi connectivity index (χ2n) is 6.30. The standard InChI is InChI=1S/C14H28N2S/c1-11-7-12(2)13(3)16(8-11)14(9-15)5-4-6-17-10-14/h11-13H,4-10,15H2,1-3H3. The Bertz CT molecular complexity index is 251. The van der Waals surface area contributed by atoms with Gasteiger partial charge in [0.15, 0.2) is 0 Å². The molecule has 4 unspecified atom stereocenters. The molecule has 0 radical (unpaired) electrons. The van der Waals surface area contributed by atoms with E-state index in [0.717, 1.165) is 18.4 Å². The van der Waals surface area contributed by atoms with E-state index in [-0.39, 0.29) is 0 Å². The van der Waals surface area contributed by atoms with E-state index in [1.54, 1.807) is 0 Å². The highest BCUT2D eigenvalue weighted by molar-refractivity contribution is 7.99. The van der Waals surface area contributed by atoms with Gasteiger partial charge in [0, 0.05) is 30.4 Å². The van der Waals surface area contributed by atoms with Gasteiger partial charge in [-0.15, -0.1) is 0 Å². The molecule has 0 aromatic heterocycles. The van der Waals surface area contributed by atoms with Crippen molar-refractivity contribution in [3.05, 3.63) is 0 Å². The molecule has 4 atom stereocenters. The summed E-state index contributed by atoms with van der Waals surface area (Å²) in [4.78, 5) is 2.76. The van der Waals surface area contributed by atoms with Gasteiger partial charge < -0.3 is 5.73 Å². The minimum atomic E-state index is 0.297. The van der Waals surface area contributed by atoms with Crippen LogP contribution in [0.5, 0.6) is 0 Å². The lowest BCUT2D eigenvalue weighted by atomic mass is 9.80. The summed E-state index contributed by atoms with van der Waals surface area (Å²) in [6.45, 7) is 9.31. The van der Waals surface area contributed by atoms with E-state index in [2.05, 4.69) is 37.4 Å². The molecule has 100 valence electrons. The second-order valence-corrected chi connectivity index (χ2v) is 7.40. The van der Waals surface area contributed by atoms with Gasteiger partial charge in [0.2, 0.25) is 0 Å². The zero-order valence-electron chi connectivity index (χ0n) is 11.6. The van der Waals surface area contributed by atoms with Crippen LogP contribution < -0.4 is 5.73 Å². The third-order valence-electron chi connectivity index (χ3n) is 4.89. The lowest BCUT2D eigenvalue weighted by molar-refractivity contribution is -0.0101. The normalized spacial score (nSPS) is 44.8. The maximum absolute atomic E-state index is 6.17. The molecule has 2 saturated heterocycles. The number of nitrogens with two attached hydrogens (primary N) is 1. The first-order chi connectivity index (χ1) is 8.09. The van der Waals surface area contributed by atoms with E-state index in [0.29, 0.717) is 11.6 Å². The molecule has 2 N–H and O–H groups in total. The Balaban J connectivity index is 2.16. The molecule has 0 spiro atoms. The summed E-state index contributed by atoms with van der Waals surface area (Å²) >= 11 is 2.10. The highest BCUT2D eigenvalue weighted by Crippen LogP contribution is 2.38. The van der Waals surface area contributed by atoms with Gasteiger partial charge in [-0.25, -0.2) is 0 Å². The molecule has 3 heteroatoms. The summed E-state index contributed by atoms with van der Waals surface area (Å²) in [5, 5.41) is 0. The van der Waals surface area contributed by atoms with Gasteiger partial charge in [0.1, 0.15) is 0 Å². The van der Waals surface area contributed by atoms with Crippen molar-refractivity contribution in [3.8, 4) is 0 Å². The molecule has 2 rings (SSSR count). The van der Waals surface area contributed by atoms with E-state index in [4.69, 9.17) is 5.73 Å². The first-order valence-electron chi connectivity index (χ1n) is 7.13. The van der Waals surface area contributed by atoms with Crippen LogP contribution in [0.3, 0.4) is 0 Å². The fraction of sp³-hybridized carbons (Fsp3) is 1.00. The van der Waals surface area contributed by atoms with Crippen molar-refractivity contribution >= 4 is 11.8 Å². The molecule has 0 aromatic rings. The van der Waals surface area contributed by atoms with Gasteiger partial charge in [0.25, 0.3) is 0 Å². The highest BCUT2D eigenvalue weighted by atomic mass is 32.2. The molecule has 0 saturated carbocycles. The van der Waals surface area contributed by atoms with Crippen molar-refractivity contribution in [1.29, 1.82) is 0 Å². The minimum absolute atomic E-state index is 0.297. The first-order valence-corrected chi connectivity index (χ1v) is 8.29. The van der Waals surface area contributed by atoms with Crippen molar-refractivity contribution in [2.24, 2.45) is 17.6 Å². The highest BCUT2D eigenvalue weighted by Gasteiger charge is 2.43. The lowest BCUT2D eigenvalue weighted by Crippen LogP contribution is -2.63. The average Bonchev–Trinajstić information content (AvgIpc) is 2.34. The van der Waals surface area contributed by atoms with Crippen molar-refractivity contribution in [3.63, 3.8) is 0 Å². The van der Waals surface area contributed by atoms with Crippen LogP contribution in [0.1, 0.15) is 40.0 Å². The molecule has 2 fully saturated rings. The molecule has 2 aliphatic heterocycles. The summed E-state index contributed by atoms with van der Waals surface area (Å²) in [6.07, 6.45) is 4.03. The number of piperidine rings is 1. The molecular formula is C14H28N2S. The summed E-state index contributed by atoms with van der Waals surface area (Å²) in [7, 11) is 0. The summed E-state index contributed by atoms with van der Waals surface area (Å²) in [6, 6.07) is 0.702. The fourth-order valence-corrected chi connectivity index (χ4v) is 4.98. The Morgan fingerprint density at radius 3 is 2.71 bits per heavy atom. The molecule has 0 amide bonds. The predicted molar refractivity (Wildman–Crippen MR) is 77.5 cm³/mol. The van der Waals surface area contributed by atoms with Gasteiger partial charge in [0.05, 0.1) is 0 Å². The average molecular weight is 256 g/mol. The first kappa shape index (κ1) is 13.7. The van der Waals surface area contributed by atoms with Gasteiger partial charge in [-0.3, -0.25) is 4.90 Å². The molecule has 2 nitrogen and oxygen atoms in total. The Kier molecular flexibility index (Phi) is 4.43. The summed E-state index contributed by atoms with van der Waals surface area (Å²) in [5.41, 5.74) is 6.46. The Morgan fingerprint density at radius 1 is 1.35 bits per heavy atom. The molecule has 2 aliphatic rings. The Morgan fingerprint density at radius 2 is 2.12 bits per heavy atom. The van der Waals surface area contributed by atoms with Gasteiger partial charge in [-0.2, -0.15) is 11.8 Å². The van der Waals surface area contributed by atoms with Crippen LogP contribution in [0.15, 0.2) is 0 Å². The van der Waals surface area contributed by atoms with Crippen molar-refractivity contribution in [2.45, 2.75) is 51.6 Å². The third kappa shape index (κ3) is 2.66. The van der Waals surface area contributed by atoms with Crippen LogP contribution in [0.4, 0.5) is 0 Å². The molecule has 2 heterocycles. The van der Waals surface area contributed by atoms with Crippen LogP contribution in [0.2, 0.25) is 0 Å². The second kappa shape index (κ2) is 5.50. The van der Waals surface area contributed by atoms with Gasteiger partial charge in [-0.05, 0) is 43.8 Å². The largest absolute Gasteiger partial charge is 0.329 e. The number of rotatable bonds is 2. The Labute approximate surface area is 111 Å². The van der Waals surface area contributed by atoms with Crippen LogP contribution in [0.25, 0.3) is 0 Å². The number of likely N-dealkylation sites (tertiary alicyclic amines) is 1. The van der Waals surface area contributed by atoms with Crippen LogP contribution in [-0.4, -0.2) is 41.1 Å². The maximum atomic E-state index is 6.17. The van der Waals surface area contributed by atoms with E-state index in [9.17, 15) is 0 Å². The minimum Gasteiger partial charge on any atom is -0.329 e. The summed E-state index contributed by atoms with van der Waals surface area (Å²) < 4.78 is 0. The maximum Gasteiger partial charge on any atom is 0.0425 e. The van der Waals surface area contributed by atoms with Crippen LogP contribution >= 0.6 is 11.8 Å². The molecular weight excluding hydrogens is 228 g/mol. The molecule has 0 aliphatic carbocycles. The molecule has 0 bridgehead atoms. The SMILES string of the molecule is CC1CC(C)C(C)N(C2(CN)CCCSC2)C1. The smallest absolute Gasteiger partial charge is 0.0425 e. The monoisotopic (exact) mass is 256 g/mol. The Hall–Kier alpha value is 0.270. The zero-order valence-corrected chi connectivity index (χ0v) is 12.4. The third-order valence-corrected chi connectivity index (χ3v) is 6.21. The van der Waals surface area contributed by atoms with Crippen molar-refractivity contribution in [1.82, 2.24) is 4.90 Å². The summed E-state index contributed by atoms with van der Waals surface area (Å²) in [5.74, 6) is 4.22. The quantitative estimate of drug-likeness (QED) is 0.823. The van der Waals surface area contributed by atoms with E-state index in [1.165, 1.54) is 37.3 Å². The predicted octanol–water partition coefficient (Wildman–Crippen LogP) is 2.58. The van der Waals surface area contributed by atoms with Crippen LogP contribution in [0, 0.1) is 11.8 Å². The van der Waals surface area contributed by atoms with E-state index < -0.39 is 0 Å². The van der Waals surface area contributed by atoms with Gasteiger partial charge in [-0.1, -0.05) is 13.8 Å². The number of hydrogen-bond donors (Lipinski definition) is 1. The van der Waals surface area contributed by atoms with E-state index >= 15 is 0 Å². The molecule has 17 heavy (non-hydrogen) atoms. The number of hydrogen-bond acceptors (Lipinski definition) is 3. The number of thioether (sulfide) groups is 1. The zero-order chi connectivity index (χ0) is 12.5. The molecule has 0 aromatic carbocycles. The van der Waals surface area contributed by atoms with Crippen molar-refractivity contribution in [2.75, 3.05) is 24.6 Å². The lowest BCUT2D eigenvalue weighted by Gasteiger charge is -2.53. The van der Waals surface area contributed by atoms with Gasteiger partial charge >= 0.3 is 0 Å². The van der Waals surface area contributed by atoms with Crippen LogP contribution in [-0.2, 0) is 0 Å². The topological polar surface area (TPSA) is 29.3 Å². The number of nitrogens with zero attached hydrogens (tertiary/aromatic N) is 1. The fourth-order valence-electron chi connectivity index (χ4n) is 3.68. The van der Waals surface area contributed by atoms with E-state index in [1.807, 2.05) is 0 Å².